The van der Waals surface area contributed by atoms with E-state index in [1.54, 1.807) is 35.5 Å². The van der Waals surface area contributed by atoms with Crippen LogP contribution in [0.4, 0.5) is 0 Å². The molecule has 0 radical (unpaired) electrons. The summed E-state index contributed by atoms with van der Waals surface area (Å²) in [5.74, 6) is -0.934. The van der Waals surface area contributed by atoms with Gasteiger partial charge < -0.3 is 10.2 Å². The van der Waals surface area contributed by atoms with Crippen LogP contribution in [0.5, 0.6) is 0 Å². The Morgan fingerprint density at radius 3 is 2.56 bits per heavy atom. The van der Waals surface area contributed by atoms with Crippen molar-refractivity contribution in [2.75, 3.05) is 19.6 Å². The molecule has 1 saturated heterocycles. The van der Waals surface area contributed by atoms with Gasteiger partial charge in [-0.1, -0.05) is 17.7 Å². The summed E-state index contributed by atoms with van der Waals surface area (Å²) in [6.07, 6.45) is 4.68. The molecule has 4 rings (SSSR count). The molecular weight excluding hydrogens is 408 g/mol. The van der Waals surface area contributed by atoms with Crippen LogP contribution in [0.2, 0.25) is 0 Å². The van der Waals surface area contributed by atoms with Gasteiger partial charge in [-0.05, 0) is 43.5 Å². The second-order valence-corrected chi connectivity index (χ2v) is 8.30. The van der Waals surface area contributed by atoms with E-state index in [9.17, 15) is 19.2 Å². The van der Waals surface area contributed by atoms with Gasteiger partial charge in [0.25, 0.3) is 11.8 Å². The molecule has 1 aromatic carbocycles. The smallest absolute Gasteiger partial charge is 0.261 e. The second kappa shape index (κ2) is 9.30. The van der Waals surface area contributed by atoms with Crippen molar-refractivity contribution < 1.29 is 19.2 Å². The number of carbonyl (C=O) groups is 4. The monoisotopic (exact) mass is 434 g/mol. The van der Waals surface area contributed by atoms with Gasteiger partial charge in [0.1, 0.15) is 0 Å². The number of benzene rings is 1. The predicted octanol–water partition coefficient (Wildman–Crippen LogP) is 1.93. The summed E-state index contributed by atoms with van der Waals surface area (Å²) >= 11 is 0. The lowest BCUT2D eigenvalue weighted by molar-refractivity contribution is -0.135. The number of nitrogens with zero attached hydrogens (tertiary/aromatic N) is 3. The number of hydrogen-bond acceptors (Lipinski definition) is 5. The maximum Gasteiger partial charge on any atom is 0.261 e. The molecule has 1 fully saturated rings. The van der Waals surface area contributed by atoms with Crippen LogP contribution in [0, 0.1) is 12.8 Å². The summed E-state index contributed by atoms with van der Waals surface area (Å²) in [7, 11) is 0. The molecule has 0 atom stereocenters. The first-order valence-corrected chi connectivity index (χ1v) is 10.9. The Morgan fingerprint density at radius 2 is 1.84 bits per heavy atom. The van der Waals surface area contributed by atoms with E-state index in [-0.39, 0.29) is 42.5 Å². The van der Waals surface area contributed by atoms with Crippen molar-refractivity contribution in [3.63, 3.8) is 0 Å². The Balaban J connectivity index is 1.23. The van der Waals surface area contributed by atoms with Crippen molar-refractivity contribution in [2.45, 2.75) is 32.7 Å². The highest BCUT2D eigenvalue weighted by atomic mass is 16.2. The van der Waals surface area contributed by atoms with Crippen molar-refractivity contribution in [1.29, 1.82) is 0 Å². The van der Waals surface area contributed by atoms with Crippen LogP contribution in [0.3, 0.4) is 0 Å². The summed E-state index contributed by atoms with van der Waals surface area (Å²) in [6, 6.07) is 8.91. The first-order chi connectivity index (χ1) is 15.4. The Bertz CT molecular complexity index is 1050. The summed E-state index contributed by atoms with van der Waals surface area (Å²) in [5.41, 5.74) is 2.65. The van der Waals surface area contributed by atoms with Crippen LogP contribution < -0.4 is 5.32 Å². The zero-order valence-electron chi connectivity index (χ0n) is 18.0. The standard InChI is InChI=1S/C24H26N4O4/c1-16-4-5-19-20(13-16)24(32)28(23(19)31)12-8-21(29)27-10-6-18(7-11-27)22(30)26-15-17-3-2-9-25-14-17/h2-5,9,13-14,18H,6-8,10-12,15H2,1H3,(H,26,30). The Labute approximate surface area is 186 Å². The first kappa shape index (κ1) is 21.7. The van der Waals surface area contributed by atoms with Gasteiger partial charge >= 0.3 is 0 Å². The molecule has 8 nitrogen and oxygen atoms in total. The average Bonchev–Trinajstić information content (AvgIpc) is 3.05. The van der Waals surface area contributed by atoms with Gasteiger partial charge in [0, 0.05) is 50.9 Å². The van der Waals surface area contributed by atoms with Crippen molar-refractivity contribution in [3.05, 3.63) is 65.0 Å². The number of rotatable bonds is 6. The third-order valence-electron chi connectivity index (χ3n) is 6.08. The molecule has 0 aliphatic carbocycles. The molecule has 0 saturated carbocycles. The lowest BCUT2D eigenvalue weighted by atomic mass is 9.95. The number of fused-ring (bicyclic) bond motifs is 1. The highest BCUT2D eigenvalue weighted by Crippen LogP contribution is 2.24. The zero-order valence-corrected chi connectivity index (χ0v) is 18.0. The minimum absolute atomic E-state index is 0.0118. The normalized spacial score (nSPS) is 16.3. The van der Waals surface area contributed by atoms with E-state index in [2.05, 4.69) is 10.3 Å². The molecule has 0 bridgehead atoms. The number of nitrogens with one attached hydrogen (secondary N) is 1. The van der Waals surface area contributed by atoms with Crippen LogP contribution in [0.15, 0.2) is 42.7 Å². The van der Waals surface area contributed by atoms with Gasteiger partial charge in [0.15, 0.2) is 0 Å². The molecule has 1 N–H and O–H groups in total. The molecule has 1 aromatic heterocycles. The number of aryl methyl sites for hydroxylation is 1. The van der Waals surface area contributed by atoms with E-state index in [1.165, 1.54) is 0 Å². The molecule has 2 aliphatic heterocycles. The highest BCUT2D eigenvalue weighted by Gasteiger charge is 2.36. The molecule has 0 spiro atoms. The maximum absolute atomic E-state index is 12.7. The number of likely N-dealkylation sites (tertiary alicyclic amines) is 1. The fraction of sp³-hybridized carbons (Fsp3) is 0.375. The Hall–Kier alpha value is -3.55. The molecule has 2 aromatic rings. The number of pyridine rings is 1. The first-order valence-electron chi connectivity index (χ1n) is 10.9. The van der Waals surface area contributed by atoms with Crippen LogP contribution in [0.1, 0.15) is 51.1 Å². The van der Waals surface area contributed by atoms with E-state index < -0.39 is 0 Å². The van der Waals surface area contributed by atoms with Crippen LogP contribution in [-0.2, 0) is 16.1 Å². The summed E-state index contributed by atoms with van der Waals surface area (Å²) < 4.78 is 0. The van der Waals surface area contributed by atoms with Crippen LogP contribution in [-0.4, -0.2) is 58.0 Å². The van der Waals surface area contributed by atoms with E-state index in [0.717, 1.165) is 16.0 Å². The van der Waals surface area contributed by atoms with E-state index in [0.29, 0.717) is 43.6 Å². The van der Waals surface area contributed by atoms with Gasteiger partial charge in [-0.25, -0.2) is 0 Å². The largest absolute Gasteiger partial charge is 0.352 e. The third kappa shape index (κ3) is 4.54. The summed E-state index contributed by atoms with van der Waals surface area (Å²) in [4.78, 5) is 57.1. The number of amides is 4. The number of piperidine rings is 1. The zero-order chi connectivity index (χ0) is 22.7. The lowest BCUT2D eigenvalue weighted by Gasteiger charge is -2.31. The fourth-order valence-electron chi connectivity index (χ4n) is 4.20. The number of aromatic nitrogens is 1. The summed E-state index contributed by atoms with van der Waals surface area (Å²) in [6.45, 7) is 3.35. The summed E-state index contributed by atoms with van der Waals surface area (Å²) in [5, 5.41) is 2.93. The van der Waals surface area contributed by atoms with Crippen molar-refractivity contribution in [2.24, 2.45) is 5.92 Å². The van der Waals surface area contributed by atoms with E-state index >= 15 is 0 Å². The molecule has 0 unspecified atom stereocenters. The molecule has 32 heavy (non-hydrogen) atoms. The van der Waals surface area contributed by atoms with Gasteiger partial charge in [-0.2, -0.15) is 0 Å². The maximum atomic E-state index is 12.7. The Kier molecular flexibility index (Phi) is 6.30. The van der Waals surface area contributed by atoms with Gasteiger partial charge in [-0.3, -0.25) is 29.1 Å². The lowest BCUT2D eigenvalue weighted by Crippen LogP contribution is -2.44. The molecule has 2 aliphatic rings. The number of imide groups is 1. The van der Waals surface area contributed by atoms with Crippen molar-refractivity contribution >= 4 is 23.6 Å². The number of carbonyl (C=O) groups excluding carboxylic acids is 4. The molecule has 8 heteroatoms. The van der Waals surface area contributed by atoms with Gasteiger partial charge in [0.05, 0.1) is 11.1 Å². The van der Waals surface area contributed by atoms with E-state index in [1.807, 2.05) is 19.1 Å². The van der Waals surface area contributed by atoms with Gasteiger partial charge in [-0.15, -0.1) is 0 Å². The Morgan fingerprint density at radius 1 is 1.09 bits per heavy atom. The molecule has 3 heterocycles. The third-order valence-corrected chi connectivity index (χ3v) is 6.08. The average molecular weight is 434 g/mol. The topological polar surface area (TPSA) is 99.7 Å². The SMILES string of the molecule is Cc1ccc2c(c1)C(=O)N(CCC(=O)N1CCC(C(=O)NCc3cccnc3)CC1)C2=O. The van der Waals surface area contributed by atoms with Gasteiger partial charge in [0.2, 0.25) is 11.8 Å². The fourth-order valence-corrected chi connectivity index (χ4v) is 4.20. The molecule has 4 amide bonds. The predicted molar refractivity (Wildman–Crippen MR) is 117 cm³/mol. The number of hydrogen-bond donors (Lipinski definition) is 1. The van der Waals surface area contributed by atoms with Crippen molar-refractivity contribution in [1.82, 2.24) is 20.1 Å². The highest BCUT2D eigenvalue weighted by molar-refractivity contribution is 6.21. The van der Waals surface area contributed by atoms with Crippen LogP contribution >= 0.6 is 0 Å². The minimum Gasteiger partial charge on any atom is -0.352 e. The molecule has 166 valence electrons. The minimum atomic E-state index is -0.346. The second-order valence-electron chi connectivity index (χ2n) is 8.30. The quantitative estimate of drug-likeness (QED) is 0.701. The van der Waals surface area contributed by atoms with E-state index in [4.69, 9.17) is 0 Å². The van der Waals surface area contributed by atoms with Crippen LogP contribution in [0.25, 0.3) is 0 Å². The van der Waals surface area contributed by atoms with Crippen molar-refractivity contribution in [3.8, 4) is 0 Å². The molecular formula is C24H26N4O4.